The van der Waals surface area contributed by atoms with E-state index in [4.69, 9.17) is 15.0 Å². The summed E-state index contributed by atoms with van der Waals surface area (Å²) in [5, 5.41) is 15.8. The van der Waals surface area contributed by atoms with Gasteiger partial charge in [-0.05, 0) is 32.9 Å². The van der Waals surface area contributed by atoms with Crippen LogP contribution in [-0.2, 0) is 26.6 Å². The van der Waals surface area contributed by atoms with Crippen LogP contribution in [0.15, 0.2) is 122 Å². The molecule has 4 aromatic heterocycles. The van der Waals surface area contributed by atoms with Crippen LogP contribution in [0.25, 0.3) is 87.3 Å². The molecule has 246 valence electrons. The molecule has 0 fully saturated rings. The molecule has 8 heteroatoms. The predicted octanol–water partition coefficient (Wildman–Crippen LogP) is 10.7. The molecule has 0 bridgehead atoms. The van der Waals surface area contributed by atoms with E-state index in [1.54, 1.807) is 17.5 Å². The van der Waals surface area contributed by atoms with Gasteiger partial charge in [0.05, 0.1) is 16.6 Å². The second-order valence-corrected chi connectivity index (χ2v) is 14.2. The molecule has 4 heterocycles. The minimum Gasteiger partial charge on any atom is -0.507 e. The van der Waals surface area contributed by atoms with Gasteiger partial charge in [0, 0.05) is 76.5 Å². The van der Waals surface area contributed by atoms with Crippen LogP contribution in [0, 0.1) is 6.07 Å². The third-order valence-corrected chi connectivity index (χ3v) is 10.1. The summed E-state index contributed by atoms with van der Waals surface area (Å²) in [6.07, 6.45) is 3.70. The van der Waals surface area contributed by atoms with E-state index in [1.807, 2.05) is 85.1 Å². The Labute approximate surface area is 307 Å². The Kier molecular flexibility index (Phi) is 7.85. The van der Waals surface area contributed by atoms with Crippen LogP contribution in [0.5, 0.6) is 5.75 Å². The molecule has 0 radical (unpaired) electrons. The molecule has 6 nitrogen and oxygen atoms in total. The average molecular weight is 848 g/mol. The molecule has 0 aliphatic rings. The van der Waals surface area contributed by atoms with E-state index < -0.39 is 0 Å². The maximum Gasteiger partial charge on any atom is 0.160 e. The fraction of sp³-hybridized carbons (Fsp3) is 0.0952. The normalized spacial score (nSPS) is 11.8. The van der Waals surface area contributed by atoms with E-state index in [9.17, 15) is 5.11 Å². The van der Waals surface area contributed by atoms with Crippen molar-refractivity contribution in [1.82, 2.24) is 24.5 Å². The van der Waals surface area contributed by atoms with Crippen molar-refractivity contribution in [3.63, 3.8) is 0 Å². The maximum absolute atomic E-state index is 12.3. The van der Waals surface area contributed by atoms with Crippen molar-refractivity contribution >= 4 is 53.4 Å². The number of phenols is 1. The molecular formula is C42H30N5OPtS-. The number of fused-ring (bicyclic) bond motifs is 6. The molecule has 0 unspecified atom stereocenters. The second-order valence-electron chi connectivity index (χ2n) is 13.2. The SMILES string of the molecule is CC(C)(C)n1c(-c2c(O)c3ccccc3c3sc4nc(-c5ccccc5)ncc4c23)nc2c(-c3[c-]c(-c4ccccn4)ccc3)cccc21.[Pt]. The number of rotatable bonds is 4. The van der Waals surface area contributed by atoms with E-state index in [2.05, 4.69) is 66.7 Å². The summed E-state index contributed by atoms with van der Waals surface area (Å²) in [7, 11) is 0. The van der Waals surface area contributed by atoms with Crippen LogP contribution in [0.2, 0.25) is 0 Å². The number of benzene rings is 5. The Bertz CT molecular complexity index is 2710. The van der Waals surface area contributed by atoms with Gasteiger partial charge in [0.25, 0.3) is 0 Å². The zero-order valence-corrected chi connectivity index (χ0v) is 30.5. The molecule has 9 aromatic rings. The number of hydrogen-bond acceptors (Lipinski definition) is 6. The molecule has 0 aliphatic carbocycles. The predicted molar refractivity (Wildman–Crippen MR) is 201 cm³/mol. The van der Waals surface area contributed by atoms with Crippen molar-refractivity contribution in [1.29, 1.82) is 0 Å². The molecule has 0 saturated heterocycles. The first-order valence-corrected chi connectivity index (χ1v) is 17.0. The quantitative estimate of drug-likeness (QED) is 0.179. The van der Waals surface area contributed by atoms with Gasteiger partial charge in [-0.1, -0.05) is 90.0 Å². The maximum atomic E-state index is 12.3. The van der Waals surface area contributed by atoms with Crippen LogP contribution in [0.4, 0.5) is 0 Å². The summed E-state index contributed by atoms with van der Waals surface area (Å²) in [4.78, 5) is 20.7. The molecule has 9 rings (SSSR count). The molecule has 0 amide bonds. The summed E-state index contributed by atoms with van der Waals surface area (Å²) in [5.41, 5.74) is 6.73. The zero-order chi connectivity index (χ0) is 33.3. The summed E-state index contributed by atoms with van der Waals surface area (Å²) < 4.78 is 3.29. The number of aromatic nitrogens is 5. The van der Waals surface area contributed by atoms with Crippen LogP contribution in [-0.4, -0.2) is 29.6 Å². The van der Waals surface area contributed by atoms with Crippen LogP contribution < -0.4 is 0 Å². The fourth-order valence-electron chi connectivity index (χ4n) is 6.87. The first-order valence-electron chi connectivity index (χ1n) is 16.2. The number of phenolic OH excluding ortho intramolecular Hbond substituents is 1. The number of thiophene rings is 1. The number of imidazole rings is 1. The number of para-hydroxylation sites is 1. The molecule has 0 aliphatic heterocycles. The van der Waals surface area contributed by atoms with E-state index in [-0.39, 0.29) is 32.4 Å². The second kappa shape index (κ2) is 12.3. The Morgan fingerprint density at radius 2 is 1.46 bits per heavy atom. The van der Waals surface area contributed by atoms with Gasteiger partial charge in [-0.25, -0.2) is 15.0 Å². The van der Waals surface area contributed by atoms with E-state index in [1.165, 1.54) is 0 Å². The number of hydrogen-bond donors (Lipinski definition) is 1. The minimum absolute atomic E-state index is 0. The third-order valence-electron chi connectivity index (χ3n) is 9.00. The molecule has 5 aromatic carbocycles. The average Bonchev–Trinajstić information content (AvgIpc) is 3.72. The van der Waals surface area contributed by atoms with Crippen molar-refractivity contribution in [2.45, 2.75) is 26.3 Å². The third kappa shape index (κ3) is 5.12. The van der Waals surface area contributed by atoms with Gasteiger partial charge in [-0.3, -0.25) is 4.98 Å². The van der Waals surface area contributed by atoms with Gasteiger partial charge >= 0.3 is 0 Å². The fourth-order valence-corrected chi connectivity index (χ4v) is 8.06. The molecular weight excluding hydrogens is 818 g/mol. The van der Waals surface area contributed by atoms with Crippen molar-refractivity contribution in [3.05, 3.63) is 128 Å². The smallest absolute Gasteiger partial charge is 0.160 e. The number of aromatic hydroxyl groups is 1. The van der Waals surface area contributed by atoms with Crippen LogP contribution >= 0.6 is 11.3 Å². The van der Waals surface area contributed by atoms with Crippen LogP contribution in [0.3, 0.4) is 0 Å². The summed E-state index contributed by atoms with van der Waals surface area (Å²) >= 11 is 1.63. The minimum atomic E-state index is -0.380. The Balaban J connectivity index is 0.00000361. The van der Waals surface area contributed by atoms with E-state index in [0.717, 1.165) is 70.1 Å². The van der Waals surface area contributed by atoms with E-state index >= 15 is 0 Å². The Morgan fingerprint density at radius 1 is 0.720 bits per heavy atom. The van der Waals surface area contributed by atoms with Gasteiger partial charge in [-0.2, -0.15) is 0 Å². The Hall–Kier alpha value is -5.23. The molecule has 0 atom stereocenters. The number of pyridine rings is 1. The van der Waals surface area contributed by atoms with Crippen molar-refractivity contribution in [2.75, 3.05) is 0 Å². The van der Waals surface area contributed by atoms with Gasteiger partial charge in [-0.15, -0.1) is 41.2 Å². The molecule has 1 N–H and O–H groups in total. The molecule has 0 spiro atoms. The monoisotopic (exact) mass is 847 g/mol. The number of nitrogens with zero attached hydrogens (tertiary/aromatic N) is 5. The van der Waals surface area contributed by atoms with Gasteiger partial charge in [0.2, 0.25) is 0 Å². The zero-order valence-electron chi connectivity index (χ0n) is 27.5. The van der Waals surface area contributed by atoms with Crippen LogP contribution in [0.1, 0.15) is 20.8 Å². The topological polar surface area (TPSA) is 76.7 Å². The Morgan fingerprint density at radius 3 is 2.24 bits per heavy atom. The van der Waals surface area contributed by atoms with Crippen molar-refractivity contribution in [2.24, 2.45) is 0 Å². The molecule has 50 heavy (non-hydrogen) atoms. The molecule has 0 saturated carbocycles. The van der Waals surface area contributed by atoms with Gasteiger partial charge < -0.3 is 9.67 Å². The largest absolute Gasteiger partial charge is 0.507 e. The first-order chi connectivity index (χ1) is 23.9. The van der Waals surface area contributed by atoms with Crippen molar-refractivity contribution in [3.8, 4) is 50.9 Å². The summed E-state index contributed by atoms with van der Waals surface area (Å²) in [5.74, 6) is 1.56. The van der Waals surface area contributed by atoms with Gasteiger partial charge in [0.1, 0.15) is 16.4 Å². The first kappa shape index (κ1) is 32.0. The summed E-state index contributed by atoms with van der Waals surface area (Å²) in [6.45, 7) is 6.52. The van der Waals surface area contributed by atoms with Gasteiger partial charge in [0.15, 0.2) is 5.82 Å². The van der Waals surface area contributed by atoms with Crippen molar-refractivity contribution < 1.29 is 26.2 Å². The van der Waals surface area contributed by atoms with E-state index in [0.29, 0.717) is 17.2 Å². The standard InChI is InChI=1S/C42H30N5OS.Pt/c1-42(2,3)47-33-21-12-19-28(26-15-11-16-27(23-26)32-20-9-10-22-43-32)36(33)45-40(47)35-34-31-24-44-39(25-13-5-4-6-14-25)46-41(31)49-38(34)30-18-8-7-17-29(30)37(35)48;/h4-22,24,48H,1-3H3;/q-1;. The summed E-state index contributed by atoms with van der Waals surface area (Å²) in [6, 6.07) is 40.0.